The minimum Gasteiger partial charge on any atom is -0.393 e. The van der Waals surface area contributed by atoms with Crippen LogP contribution in [0.2, 0.25) is 0 Å². The molecule has 66 valence electrons. The summed E-state index contributed by atoms with van der Waals surface area (Å²) in [6.45, 7) is 5.21. The third-order valence-electron chi connectivity index (χ3n) is 1.85. The van der Waals surface area contributed by atoms with Crippen LogP contribution in [0.25, 0.3) is 0 Å². The molecular formula is C8H17NO2. The quantitative estimate of drug-likeness (QED) is 0.580. The molecule has 11 heavy (non-hydrogen) atoms. The van der Waals surface area contributed by atoms with E-state index in [9.17, 15) is 4.79 Å². The molecule has 3 heteroatoms. The summed E-state index contributed by atoms with van der Waals surface area (Å²) in [5, 5.41) is 8.99. The standard InChI is InChI=1S/C8H17NO2/c1-6(11)4-7(9)8(2,3)5-10/h5-7,11H,4,9H2,1-3H3. The summed E-state index contributed by atoms with van der Waals surface area (Å²) in [6, 6.07) is -0.264. The van der Waals surface area contributed by atoms with Gasteiger partial charge in [0.2, 0.25) is 0 Å². The highest BCUT2D eigenvalue weighted by atomic mass is 16.3. The molecular weight excluding hydrogens is 142 g/mol. The Labute approximate surface area is 67.6 Å². The third-order valence-corrected chi connectivity index (χ3v) is 1.85. The maximum absolute atomic E-state index is 10.5. The first kappa shape index (κ1) is 10.6. The molecule has 0 aromatic rings. The molecule has 3 nitrogen and oxygen atoms in total. The van der Waals surface area contributed by atoms with Crippen molar-refractivity contribution in [3.05, 3.63) is 0 Å². The minimum atomic E-state index is -0.531. The average molecular weight is 159 g/mol. The molecule has 0 amide bonds. The lowest BCUT2D eigenvalue weighted by atomic mass is 9.84. The van der Waals surface area contributed by atoms with Crippen LogP contribution in [-0.4, -0.2) is 23.5 Å². The van der Waals surface area contributed by atoms with E-state index in [4.69, 9.17) is 10.8 Å². The monoisotopic (exact) mass is 159 g/mol. The van der Waals surface area contributed by atoms with Gasteiger partial charge in [-0.1, -0.05) is 13.8 Å². The lowest BCUT2D eigenvalue weighted by Crippen LogP contribution is -2.40. The molecule has 0 saturated heterocycles. The Bertz CT molecular complexity index is 132. The molecule has 0 aliphatic rings. The van der Waals surface area contributed by atoms with Gasteiger partial charge in [-0.3, -0.25) is 0 Å². The van der Waals surface area contributed by atoms with Crippen LogP contribution in [0.5, 0.6) is 0 Å². The largest absolute Gasteiger partial charge is 0.393 e. The van der Waals surface area contributed by atoms with Crippen molar-refractivity contribution < 1.29 is 9.90 Å². The number of hydrogen-bond acceptors (Lipinski definition) is 3. The number of aldehydes is 1. The topological polar surface area (TPSA) is 63.3 Å². The van der Waals surface area contributed by atoms with Crippen molar-refractivity contribution >= 4 is 6.29 Å². The second-order valence-corrected chi connectivity index (χ2v) is 3.63. The van der Waals surface area contributed by atoms with Gasteiger partial charge in [-0.2, -0.15) is 0 Å². The summed E-state index contributed by atoms with van der Waals surface area (Å²) < 4.78 is 0. The Morgan fingerprint density at radius 1 is 1.64 bits per heavy atom. The smallest absolute Gasteiger partial charge is 0.127 e. The van der Waals surface area contributed by atoms with Crippen LogP contribution in [0.1, 0.15) is 27.2 Å². The molecule has 2 unspecified atom stereocenters. The minimum absolute atomic E-state index is 0.264. The number of carbonyl (C=O) groups excluding carboxylic acids is 1. The number of aliphatic hydroxyl groups excluding tert-OH is 1. The molecule has 0 aromatic heterocycles. The van der Waals surface area contributed by atoms with E-state index >= 15 is 0 Å². The van der Waals surface area contributed by atoms with Crippen LogP contribution in [0, 0.1) is 5.41 Å². The fourth-order valence-electron chi connectivity index (χ4n) is 0.759. The van der Waals surface area contributed by atoms with Crippen molar-refractivity contribution in [2.75, 3.05) is 0 Å². The van der Waals surface area contributed by atoms with Gasteiger partial charge in [-0.05, 0) is 13.3 Å². The van der Waals surface area contributed by atoms with Gasteiger partial charge in [-0.15, -0.1) is 0 Å². The van der Waals surface area contributed by atoms with E-state index in [2.05, 4.69) is 0 Å². The molecule has 0 rings (SSSR count). The number of rotatable bonds is 4. The van der Waals surface area contributed by atoms with Gasteiger partial charge in [0.25, 0.3) is 0 Å². The summed E-state index contributed by atoms with van der Waals surface area (Å²) in [6.07, 6.45) is 0.857. The van der Waals surface area contributed by atoms with Crippen LogP contribution in [0.4, 0.5) is 0 Å². The average Bonchev–Trinajstić information content (AvgIpc) is 1.86. The van der Waals surface area contributed by atoms with Crippen LogP contribution < -0.4 is 5.73 Å². The lowest BCUT2D eigenvalue weighted by Gasteiger charge is -2.26. The summed E-state index contributed by atoms with van der Waals surface area (Å²) in [5.74, 6) is 0. The van der Waals surface area contributed by atoms with Gasteiger partial charge in [0.1, 0.15) is 6.29 Å². The van der Waals surface area contributed by atoms with E-state index in [0.717, 1.165) is 6.29 Å². The van der Waals surface area contributed by atoms with Gasteiger partial charge >= 0.3 is 0 Å². The fraction of sp³-hybridized carbons (Fsp3) is 0.875. The molecule has 0 spiro atoms. The van der Waals surface area contributed by atoms with Gasteiger partial charge in [-0.25, -0.2) is 0 Å². The summed E-state index contributed by atoms with van der Waals surface area (Å²) in [7, 11) is 0. The summed E-state index contributed by atoms with van der Waals surface area (Å²) in [5.41, 5.74) is 5.14. The SMILES string of the molecule is CC(O)CC(N)C(C)(C)C=O. The van der Waals surface area contributed by atoms with E-state index in [1.54, 1.807) is 20.8 Å². The van der Waals surface area contributed by atoms with Gasteiger partial charge < -0.3 is 15.6 Å². The van der Waals surface area contributed by atoms with Crippen molar-refractivity contribution in [1.29, 1.82) is 0 Å². The van der Waals surface area contributed by atoms with Crippen molar-refractivity contribution in [1.82, 2.24) is 0 Å². The highest BCUT2D eigenvalue weighted by molar-refractivity contribution is 5.59. The Morgan fingerprint density at radius 3 is 2.36 bits per heavy atom. The predicted molar refractivity (Wildman–Crippen MR) is 44.1 cm³/mol. The highest BCUT2D eigenvalue weighted by Crippen LogP contribution is 2.18. The van der Waals surface area contributed by atoms with Crippen molar-refractivity contribution in [3.63, 3.8) is 0 Å². The predicted octanol–water partition coefficient (Wildman–Crippen LogP) is 0.310. The fourth-order valence-corrected chi connectivity index (χ4v) is 0.759. The Balaban J connectivity index is 4.01. The van der Waals surface area contributed by atoms with Crippen molar-refractivity contribution in [2.24, 2.45) is 11.1 Å². The Hall–Kier alpha value is -0.410. The number of hydrogen-bond donors (Lipinski definition) is 2. The van der Waals surface area contributed by atoms with Crippen LogP contribution in [-0.2, 0) is 4.79 Å². The summed E-state index contributed by atoms with van der Waals surface area (Å²) in [4.78, 5) is 10.5. The second-order valence-electron chi connectivity index (χ2n) is 3.63. The lowest BCUT2D eigenvalue weighted by molar-refractivity contribution is -0.115. The molecule has 0 aliphatic heterocycles. The van der Waals surface area contributed by atoms with E-state index < -0.39 is 11.5 Å². The molecule has 0 aromatic carbocycles. The molecule has 0 bridgehead atoms. The Kier molecular flexibility index (Phi) is 3.69. The zero-order valence-corrected chi connectivity index (χ0v) is 7.37. The molecule has 0 saturated carbocycles. The number of aliphatic hydroxyl groups is 1. The van der Waals surface area contributed by atoms with Crippen LogP contribution in [0.15, 0.2) is 0 Å². The maximum atomic E-state index is 10.5. The van der Waals surface area contributed by atoms with E-state index in [-0.39, 0.29) is 6.04 Å². The normalized spacial score (nSPS) is 17.5. The summed E-state index contributed by atoms with van der Waals surface area (Å²) >= 11 is 0. The molecule has 0 heterocycles. The van der Waals surface area contributed by atoms with E-state index in [1.165, 1.54) is 0 Å². The molecule has 0 fully saturated rings. The van der Waals surface area contributed by atoms with E-state index in [1.807, 2.05) is 0 Å². The number of carbonyl (C=O) groups is 1. The van der Waals surface area contributed by atoms with Crippen LogP contribution >= 0.6 is 0 Å². The molecule has 2 atom stereocenters. The highest BCUT2D eigenvalue weighted by Gasteiger charge is 2.26. The van der Waals surface area contributed by atoms with Crippen LogP contribution in [0.3, 0.4) is 0 Å². The molecule has 0 aliphatic carbocycles. The maximum Gasteiger partial charge on any atom is 0.127 e. The van der Waals surface area contributed by atoms with Crippen molar-refractivity contribution in [2.45, 2.75) is 39.3 Å². The zero-order chi connectivity index (χ0) is 9.07. The Morgan fingerprint density at radius 2 is 2.09 bits per heavy atom. The van der Waals surface area contributed by atoms with Gasteiger partial charge in [0.05, 0.1) is 6.10 Å². The first-order valence-electron chi connectivity index (χ1n) is 3.80. The van der Waals surface area contributed by atoms with Gasteiger partial charge in [0, 0.05) is 11.5 Å². The first-order valence-corrected chi connectivity index (χ1v) is 3.80. The first-order chi connectivity index (χ1) is 4.90. The molecule has 0 radical (unpaired) electrons. The van der Waals surface area contributed by atoms with Gasteiger partial charge in [0.15, 0.2) is 0 Å². The second kappa shape index (κ2) is 3.83. The van der Waals surface area contributed by atoms with E-state index in [0.29, 0.717) is 6.42 Å². The molecule has 3 N–H and O–H groups in total. The van der Waals surface area contributed by atoms with Crippen molar-refractivity contribution in [3.8, 4) is 0 Å². The third kappa shape index (κ3) is 3.49. The number of nitrogens with two attached hydrogens (primary N) is 1. The zero-order valence-electron chi connectivity index (χ0n) is 7.37.